The number of fused-ring (bicyclic) bond motifs is 1. The Hall–Kier alpha value is -1.77. The lowest BCUT2D eigenvalue weighted by atomic mass is 10.1. The zero-order chi connectivity index (χ0) is 20.1. The van der Waals surface area contributed by atoms with Crippen molar-refractivity contribution in [1.29, 1.82) is 0 Å². The number of amides is 1. The van der Waals surface area contributed by atoms with E-state index in [4.69, 9.17) is 0 Å². The molecule has 1 unspecified atom stereocenters. The van der Waals surface area contributed by atoms with E-state index >= 15 is 0 Å². The molecule has 0 bridgehead atoms. The van der Waals surface area contributed by atoms with Gasteiger partial charge in [-0.25, -0.2) is 12.8 Å². The van der Waals surface area contributed by atoms with E-state index in [-0.39, 0.29) is 22.7 Å². The molecule has 1 fully saturated rings. The molecule has 0 saturated carbocycles. The predicted octanol–water partition coefficient (Wildman–Crippen LogP) is 4.02. The lowest BCUT2D eigenvalue weighted by Crippen LogP contribution is -2.33. The third-order valence-corrected chi connectivity index (χ3v) is 7.80. The van der Waals surface area contributed by atoms with Crippen molar-refractivity contribution in [2.75, 3.05) is 18.0 Å². The summed E-state index contributed by atoms with van der Waals surface area (Å²) < 4.78 is 42.8. The molecule has 8 heteroatoms. The van der Waals surface area contributed by atoms with Crippen molar-refractivity contribution in [1.82, 2.24) is 4.31 Å². The maximum absolute atomic E-state index is 13.7. The van der Waals surface area contributed by atoms with Crippen molar-refractivity contribution < 1.29 is 17.6 Å². The van der Waals surface area contributed by atoms with Crippen molar-refractivity contribution in [3.8, 4) is 0 Å². The predicted molar refractivity (Wildman–Crippen MR) is 108 cm³/mol. The van der Waals surface area contributed by atoms with Gasteiger partial charge in [0.1, 0.15) is 10.7 Å². The molecule has 0 radical (unpaired) electrons. The van der Waals surface area contributed by atoms with Crippen LogP contribution in [0.2, 0.25) is 0 Å². The maximum atomic E-state index is 13.7. The Bertz CT molecular complexity index is 1040. The topological polar surface area (TPSA) is 57.7 Å². The van der Waals surface area contributed by atoms with Crippen LogP contribution in [0.3, 0.4) is 0 Å². The molecule has 2 aliphatic heterocycles. The molecule has 5 nitrogen and oxygen atoms in total. The molecule has 28 heavy (non-hydrogen) atoms. The van der Waals surface area contributed by atoms with Crippen LogP contribution in [0, 0.1) is 5.82 Å². The number of sulfonamides is 1. The Balaban J connectivity index is 1.81. The first-order chi connectivity index (χ1) is 13.3. The summed E-state index contributed by atoms with van der Waals surface area (Å²) >= 11 is 3.41. The highest BCUT2D eigenvalue weighted by atomic mass is 79.9. The van der Waals surface area contributed by atoms with E-state index in [2.05, 4.69) is 15.9 Å². The third kappa shape index (κ3) is 3.27. The van der Waals surface area contributed by atoms with Gasteiger partial charge in [-0.2, -0.15) is 4.31 Å². The molecule has 2 aromatic rings. The summed E-state index contributed by atoms with van der Waals surface area (Å²) in [5.74, 6) is -0.521. The number of carbonyl (C=O) groups is 1. The zero-order valence-electron chi connectivity index (χ0n) is 15.4. The summed E-state index contributed by atoms with van der Waals surface area (Å²) in [5, 5.41) is 0. The first kappa shape index (κ1) is 19.5. The van der Waals surface area contributed by atoms with Gasteiger partial charge in [0.15, 0.2) is 0 Å². The molecular weight excluding hydrogens is 447 g/mol. The maximum Gasteiger partial charge on any atom is 0.245 e. The molecule has 2 aromatic carbocycles. The third-order valence-electron chi connectivity index (χ3n) is 5.42. The first-order valence-electron chi connectivity index (χ1n) is 9.17. The molecule has 1 saturated heterocycles. The van der Waals surface area contributed by atoms with Gasteiger partial charge in [0.25, 0.3) is 0 Å². The molecule has 0 aliphatic carbocycles. The van der Waals surface area contributed by atoms with Crippen molar-refractivity contribution in [2.45, 2.75) is 37.1 Å². The van der Waals surface area contributed by atoms with Crippen LogP contribution in [0.1, 0.15) is 36.9 Å². The second-order valence-electron chi connectivity index (χ2n) is 7.16. The SMILES string of the molecule is CC(=O)N1CCc2cc(Br)cc(S(=O)(=O)N3CCCC3c3ccc(F)cc3)c21. The Morgan fingerprint density at radius 2 is 1.89 bits per heavy atom. The summed E-state index contributed by atoms with van der Waals surface area (Å²) in [6.45, 7) is 2.32. The molecule has 0 N–H and O–H groups in total. The quantitative estimate of drug-likeness (QED) is 0.685. The molecule has 1 atom stereocenters. The average Bonchev–Trinajstić information content (AvgIpc) is 3.28. The molecule has 148 valence electrons. The van der Waals surface area contributed by atoms with Gasteiger partial charge in [-0.15, -0.1) is 0 Å². The number of carbonyl (C=O) groups excluding carboxylic acids is 1. The fourth-order valence-electron chi connectivity index (χ4n) is 4.15. The van der Waals surface area contributed by atoms with Crippen LogP contribution in [-0.2, 0) is 21.2 Å². The number of benzene rings is 2. The molecule has 0 spiro atoms. The molecule has 0 aromatic heterocycles. The second-order valence-corrected chi connectivity index (χ2v) is 9.93. The molecule has 1 amide bonds. The van der Waals surface area contributed by atoms with Gasteiger partial charge in [0.2, 0.25) is 15.9 Å². The number of halogens is 2. The van der Waals surface area contributed by atoms with Gasteiger partial charge in [0.05, 0.1) is 11.7 Å². The smallest absolute Gasteiger partial charge is 0.245 e. The van der Waals surface area contributed by atoms with Gasteiger partial charge in [-0.1, -0.05) is 28.1 Å². The Labute approximate surface area is 172 Å². The number of hydrogen-bond donors (Lipinski definition) is 0. The van der Waals surface area contributed by atoms with Gasteiger partial charge < -0.3 is 4.90 Å². The second kappa shape index (κ2) is 7.24. The van der Waals surface area contributed by atoms with E-state index < -0.39 is 10.0 Å². The van der Waals surface area contributed by atoms with Crippen molar-refractivity contribution >= 4 is 37.5 Å². The van der Waals surface area contributed by atoms with E-state index in [9.17, 15) is 17.6 Å². The summed E-state index contributed by atoms with van der Waals surface area (Å²) in [6, 6.07) is 9.10. The minimum absolute atomic E-state index is 0.151. The van der Waals surface area contributed by atoms with Crippen LogP contribution in [0.25, 0.3) is 0 Å². The molecular formula is C20H20BrFN2O3S. The standard InChI is InChI=1S/C20H20BrFN2O3S/c1-13(25)23-10-8-15-11-16(21)12-19(20(15)23)28(26,27)24-9-2-3-18(24)14-4-6-17(22)7-5-14/h4-7,11-12,18H,2-3,8-10H2,1H3. The molecule has 4 rings (SSSR count). The van der Waals surface area contributed by atoms with Crippen LogP contribution in [-0.4, -0.2) is 31.7 Å². The van der Waals surface area contributed by atoms with Crippen LogP contribution in [0.5, 0.6) is 0 Å². The van der Waals surface area contributed by atoms with E-state index in [1.54, 1.807) is 18.2 Å². The van der Waals surface area contributed by atoms with Gasteiger partial charge >= 0.3 is 0 Å². The van der Waals surface area contributed by atoms with Gasteiger partial charge in [-0.05, 0) is 54.7 Å². The van der Waals surface area contributed by atoms with Crippen molar-refractivity contribution in [2.24, 2.45) is 0 Å². The fraction of sp³-hybridized carbons (Fsp3) is 0.350. The summed E-state index contributed by atoms with van der Waals surface area (Å²) in [4.78, 5) is 13.8. The molecule has 2 aliphatic rings. The Kier molecular flexibility index (Phi) is 5.05. The fourth-order valence-corrected chi connectivity index (χ4v) is 6.76. The van der Waals surface area contributed by atoms with Crippen LogP contribution in [0.15, 0.2) is 45.8 Å². The normalized spacial score (nSPS) is 19.8. The van der Waals surface area contributed by atoms with Crippen molar-refractivity contribution in [3.05, 3.63) is 57.8 Å². The summed E-state index contributed by atoms with van der Waals surface area (Å²) in [7, 11) is -3.84. The lowest BCUT2D eigenvalue weighted by Gasteiger charge is -2.27. The van der Waals surface area contributed by atoms with Crippen molar-refractivity contribution in [3.63, 3.8) is 0 Å². The number of hydrogen-bond acceptors (Lipinski definition) is 3. The van der Waals surface area contributed by atoms with Gasteiger partial charge in [0, 0.05) is 24.5 Å². The Morgan fingerprint density at radius 1 is 1.18 bits per heavy atom. The lowest BCUT2D eigenvalue weighted by molar-refractivity contribution is -0.116. The van der Waals surface area contributed by atoms with Gasteiger partial charge in [-0.3, -0.25) is 4.79 Å². The first-order valence-corrected chi connectivity index (χ1v) is 11.4. The monoisotopic (exact) mass is 466 g/mol. The average molecular weight is 467 g/mol. The summed E-state index contributed by atoms with van der Waals surface area (Å²) in [5.41, 5.74) is 2.11. The number of rotatable bonds is 3. The summed E-state index contributed by atoms with van der Waals surface area (Å²) in [6.07, 6.45) is 2.03. The van der Waals surface area contributed by atoms with Crippen LogP contribution in [0.4, 0.5) is 10.1 Å². The minimum Gasteiger partial charge on any atom is -0.311 e. The highest BCUT2D eigenvalue weighted by Gasteiger charge is 2.40. The Morgan fingerprint density at radius 3 is 2.57 bits per heavy atom. The minimum atomic E-state index is -3.84. The van der Waals surface area contributed by atoms with Crippen LogP contribution < -0.4 is 4.90 Å². The number of anilines is 1. The largest absolute Gasteiger partial charge is 0.311 e. The van der Waals surface area contributed by atoms with E-state index in [1.807, 2.05) is 6.07 Å². The van der Waals surface area contributed by atoms with E-state index in [1.165, 1.54) is 28.3 Å². The highest BCUT2D eigenvalue weighted by Crippen LogP contribution is 2.43. The zero-order valence-corrected chi connectivity index (χ0v) is 17.8. The van der Waals surface area contributed by atoms with E-state index in [0.717, 1.165) is 17.5 Å². The number of nitrogens with zero attached hydrogens (tertiary/aromatic N) is 2. The highest BCUT2D eigenvalue weighted by molar-refractivity contribution is 9.10. The molecule has 2 heterocycles. The van der Waals surface area contributed by atoms with Crippen LogP contribution >= 0.6 is 15.9 Å². The van der Waals surface area contributed by atoms with E-state index in [0.29, 0.717) is 36.1 Å².